The monoisotopic (exact) mass is 250 g/mol. The van der Waals surface area contributed by atoms with Gasteiger partial charge in [-0.15, -0.1) is 0 Å². The highest BCUT2D eigenvalue weighted by Gasteiger charge is 2.17. The zero-order chi connectivity index (χ0) is 13.1. The third kappa shape index (κ3) is 2.89. The smallest absolute Gasteiger partial charge is 0.243 e. The van der Waals surface area contributed by atoms with Crippen molar-refractivity contribution in [3.8, 4) is 11.5 Å². The minimum atomic E-state index is -0.404. The highest BCUT2D eigenvalue weighted by atomic mass is 19.1. The molecule has 2 aromatic heterocycles. The third-order valence-electron chi connectivity index (χ3n) is 2.44. The van der Waals surface area contributed by atoms with Crippen LogP contribution < -0.4 is 5.73 Å². The molecule has 96 valence electrons. The van der Waals surface area contributed by atoms with Crippen LogP contribution in [0.5, 0.6) is 0 Å². The van der Waals surface area contributed by atoms with E-state index in [-0.39, 0.29) is 6.04 Å². The molecule has 0 radical (unpaired) electrons. The molecule has 18 heavy (non-hydrogen) atoms. The molecule has 0 aromatic carbocycles. The van der Waals surface area contributed by atoms with Gasteiger partial charge in [0, 0.05) is 0 Å². The van der Waals surface area contributed by atoms with Crippen LogP contribution in [0, 0.1) is 11.7 Å². The molecule has 1 atom stereocenters. The van der Waals surface area contributed by atoms with Gasteiger partial charge in [-0.2, -0.15) is 4.98 Å². The van der Waals surface area contributed by atoms with Crippen LogP contribution in [0.4, 0.5) is 4.39 Å². The van der Waals surface area contributed by atoms with Crippen molar-refractivity contribution in [1.29, 1.82) is 0 Å². The van der Waals surface area contributed by atoms with Gasteiger partial charge in [0.1, 0.15) is 11.5 Å². The van der Waals surface area contributed by atoms with Gasteiger partial charge in [0.05, 0.1) is 12.2 Å². The maximum atomic E-state index is 12.7. The van der Waals surface area contributed by atoms with Crippen LogP contribution in [0.15, 0.2) is 22.9 Å². The molecular formula is C12H15FN4O. The zero-order valence-corrected chi connectivity index (χ0v) is 10.3. The molecular weight excluding hydrogens is 235 g/mol. The largest absolute Gasteiger partial charge is 0.337 e. The molecule has 6 heteroatoms. The zero-order valence-electron chi connectivity index (χ0n) is 10.3. The molecule has 0 spiro atoms. The van der Waals surface area contributed by atoms with Crippen molar-refractivity contribution in [2.75, 3.05) is 0 Å². The lowest BCUT2D eigenvalue weighted by Crippen LogP contribution is -2.13. The predicted molar refractivity (Wildman–Crippen MR) is 63.9 cm³/mol. The van der Waals surface area contributed by atoms with Crippen LogP contribution in [0.25, 0.3) is 11.5 Å². The summed E-state index contributed by atoms with van der Waals surface area (Å²) in [7, 11) is 0. The Balaban J connectivity index is 2.17. The van der Waals surface area contributed by atoms with E-state index in [1.807, 2.05) is 0 Å². The number of hydrogen-bond acceptors (Lipinski definition) is 5. The number of rotatable bonds is 4. The molecule has 0 saturated carbocycles. The van der Waals surface area contributed by atoms with Gasteiger partial charge in [-0.1, -0.05) is 19.0 Å². The van der Waals surface area contributed by atoms with Crippen LogP contribution in [0.3, 0.4) is 0 Å². The fraction of sp³-hybridized carbons (Fsp3) is 0.417. The minimum absolute atomic E-state index is 0.285. The van der Waals surface area contributed by atoms with Gasteiger partial charge >= 0.3 is 0 Å². The van der Waals surface area contributed by atoms with Crippen LogP contribution in [-0.2, 0) is 0 Å². The molecule has 2 N–H and O–H groups in total. The third-order valence-corrected chi connectivity index (χ3v) is 2.44. The first-order valence-corrected chi connectivity index (χ1v) is 5.77. The summed E-state index contributed by atoms with van der Waals surface area (Å²) in [6, 6.07) is 2.51. The summed E-state index contributed by atoms with van der Waals surface area (Å²) in [4.78, 5) is 8.06. The first kappa shape index (κ1) is 12.6. The van der Waals surface area contributed by atoms with Crippen molar-refractivity contribution >= 4 is 0 Å². The average molecular weight is 250 g/mol. The van der Waals surface area contributed by atoms with E-state index in [0.29, 0.717) is 23.3 Å². The standard InChI is InChI=1S/C12H15FN4O/c1-7(2)5-9(14)12-16-11(17-18-12)10-4-3-8(13)6-15-10/h3-4,6-7,9H,5,14H2,1-2H3/t9-/m1/s1. The number of aromatic nitrogens is 3. The van der Waals surface area contributed by atoms with Crippen LogP contribution in [0.2, 0.25) is 0 Å². The second-order valence-corrected chi connectivity index (χ2v) is 4.55. The Labute approximate surface area is 104 Å². The number of nitrogens with zero attached hydrogens (tertiary/aromatic N) is 3. The Kier molecular flexibility index (Phi) is 3.66. The lowest BCUT2D eigenvalue weighted by atomic mass is 10.0. The molecule has 2 heterocycles. The van der Waals surface area contributed by atoms with Gasteiger partial charge in [0.15, 0.2) is 0 Å². The second-order valence-electron chi connectivity index (χ2n) is 4.55. The van der Waals surface area contributed by atoms with E-state index in [1.165, 1.54) is 12.1 Å². The van der Waals surface area contributed by atoms with Crippen molar-refractivity contribution in [1.82, 2.24) is 15.1 Å². The van der Waals surface area contributed by atoms with Gasteiger partial charge in [-0.25, -0.2) is 9.37 Å². The van der Waals surface area contributed by atoms with E-state index in [0.717, 1.165) is 12.6 Å². The van der Waals surface area contributed by atoms with E-state index in [1.54, 1.807) is 0 Å². The summed E-state index contributed by atoms with van der Waals surface area (Å²) in [5.41, 5.74) is 6.40. The lowest BCUT2D eigenvalue weighted by molar-refractivity contribution is 0.335. The van der Waals surface area contributed by atoms with Crippen LogP contribution in [0.1, 0.15) is 32.2 Å². The molecule has 5 nitrogen and oxygen atoms in total. The number of hydrogen-bond donors (Lipinski definition) is 1. The summed E-state index contributed by atoms with van der Waals surface area (Å²) in [6.45, 7) is 4.14. The van der Waals surface area contributed by atoms with Gasteiger partial charge < -0.3 is 10.3 Å². The van der Waals surface area contributed by atoms with Gasteiger partial charge in [-0.3, -0.25) is 0 Å². The van der Waals surface area contributed by atoms with Crippen LogP contribution in [-0.4, -0.2) is 15.1 Å². The summed E-state index contributed by atoms with van der Waals surface area (Å²) < 4.78 is 17.8. The van der Waals surface area contributed by atoms with E-state index < -0.39 is 5.82 Å². The molecule has 2 rings (SSSR count). The Morgan fingerprint density at radius 3 is 2.78 bits per heavy atom. The fourth-order valence-corrected chi connectivity index (χ4v) is 1.61. The Morgan fingerprint density at radius 2 is 2.17 bits per heavy atom. The van der Waals surface area contributed by atoms with Crippen molar-refractivity contribution in [2.24, 2.45) is 11.7 Å². The van der Waals surface area contributed by atoms with E-state index in [2.05, 4.69) is 29.0 Å². The Hall–Kier alpha value is -1.82. The number of nitrogens with two attached hydrogens (primary N) is 1. The van der Waals surface area contributed by atoms with Crippen molar-refractivity contribution in [2.45, 2.75) is 26.3 Å². The minimum Gasteiger partial charge on any atom is -0.337 e. The van der Waals surface area contributed by atoms with E-state index >= 15 is 0 Å². The highest BCUT2D eigenvalue weighted by molar-refractivity contribution is 5.47. The average Bonchev–Trinajstić information content (AvgIpc) is 2.78. The summed E-state index contributed by atoms with van der Waals surface area (Å²) in [5.74, 6) is 0.743. The molecule has 0 unspecified atom stereocenters. The second kappa shape index (κ2) is 5.22. The molecule has 0 aliphatic rings. The molecule has 0 bridgehead atoms. The van der Waals surface area contributed by atoms with Gasteiger partial charge in [0.2, 0.25) is 11.7 Å². The molecule has 2 aromatic rings. The topological polar surface area (TPSA) is 77.8 Å². The Morgan fingerprint density at radius 1 is 1.39 bits per heavy atom. The fourth-order valence-electron chi connectivity index (χ4n) is 1.61. The molecule has 0 fully saturated rings. The molecule has 0 saturated heterocycles. The summed E-state index contributed by atoms with van der Waals surface area (Å²) in [5, 5.41) is 3.79. The highest BCUT2D eigenvalue weighted by Crippen LogP contribution is 2.20. The Bertz CT molecular complexity index is 509. The molecule has 0 aliphatic carbocycles. The SMILES string of the molecule is CC(C)C[C@@H](N)c1nc(-c2ccc(F)cn2)no1. The normalized spacial score (nSPS) is 12.9. The van der Waals surface area contributed by atoms with E-state index in [9.17, 15) is 4.39 Å². The molecule has 0 aliphatic heterocycles. The first-order valence-electron chi connectivity index (χ1n) is 5.77. The lowest BCUT2D eigenvalue weighted by Gasteiger charge is -2.08. The van der Waals surface area contributed by atoms with Crippen molar-refractivity contribution in [3.63, 3.8) is 0 Å². The first-order chi connectivity index (χ1) is 8.56. The predicted octanol–water partition coefficient (Wildman–Crippen LogP) is 2.32. The van der Waals surface area contributed by atoms with Crippen molar-refractivity contribution in [3.05, 3.63) is 30.0 Å². The molecule has 0 amide bonds. The van der Waals surface area contributed by atoms with Gasteiger partial charge in [0.25, 0.3) is 0 Å². The maximum absolute atomic E-state index is 12.7. The van der Waals surface area contributed by atoms with E-state index in [4.69, 9.17) is 10.3 Å². The maximum Gasteiger partial charge on any atom is 0.243 e. The quantitative estimate of drug-likeness (QED) is 0.900. The van der Waals surface area contributed by atoms with Crippen molar-refractivity contribution < 1.29 is 8.91 Å². The van der Waals surface area contributed by atoms with Crippen LogP contribution >= 0.6 is 0 Å². The van der Waals surface area contributed by atoms with Gasteiger partial charge in [-0.05, 0) is 24.5 Å². The number of pyridine rings is 1. The number of halogens is 1. The summed E-state index contributed by atoms with van der Waals surface area (Å²) >= 11 is 0. The summed E-state index contributed by atoms with van der Waals surface area (Å²) in [6.07, 6.45) is 1.87.